The molecule has 0 radical (unpaired) electrons. The summed E-state index contributed by atoms with van der Waals surface area (Å²) in [5, 5.41) is 8.69. The second-order valence-corrected chi connectivity index (χ2v) is 4.24. The summed E-state index contributed by atoms with van der Waals surface area (Å²) >= 11 is 1.56. The Morgan fingerprint density at radius 3 is 2.41 bits per heavy atom. The number of carboxylic acid groups (broad SMARTS) is 1. The molecule has 0 aliphatic rings. The Morgan fingerprint density at radius 1 is 1.29 bits per heavy atom. The van der Waals surface area contributed by atoms with Crippen LogP contribution < -0.4 is 9.47 Å². The molecular weight excluding hydrogens is 240 g/mol. The van der Waals surface area contributed by atoms with Crippen LogP contribution in [0.1, 0.15) is 12.0 Å². The number of aryl methyl sites for hydroxylation is 1. The van der Waals surface area contributed by atoms with E-state index in [2.05, 4.69) is 0 Å². The molecule has 0 heterocycles. The summed E-state index contributed by atoms with van der Waals surface area (Å²) in [6, 6.07) is 3.80. The summed E-state index contributed by atoms with van der Waals surface area (Å²) < 4.78 is 10.6. The fourth-order valence-corrected chi connectivity index (χ4v) is 2.17. The van der Waals surface area contributed by atoms with E-state index in [4.69, 9.17) is 14.6 Å². The second kappa shape index (κ2) is 6.39. The van der Waals surface area contributed by atoms with Gasteiger partial charge in [-0.15, -0.1) is 11.8 Å². The number of hydrogen-bond acceptors (Lipinski definition) is 4. The topological polar surface area (TPSA) is 55.8 Å². The van der Waals surface area contributed by atoms with Crippen molar-refractivity contribution >= 4 is 17.7 Å². The van der Waals surface area contributed by atoms with Gasteiger partial charge in [0.05, 0.1) is 19.1 Å². The van der Waals surface area contributed by atoms with Gasteiger partial charge < -0.3 is 14.6 Å². The minimum Gasteiger partial charge on any atom is -0.493 e. The van der Waals surface area contributed by atoms with Gasteiger partial charge in [0.25, 0.3) is 0 Å². The number of benzene rings is 1. The molecule has 1 rings (SSSR count). The summed E-state index contributed by atoms with van der Waals surface area (Å²) in [5.74, 6) is 0.475. The van der Waals surface area contributed by atoms with Gasteiger partial charge in [0, 0.05) is 6.42 Å². The molecular formula is C12H16O4S. The van der Waals surface area contributed by atoms with Crippen LogP contribution in [0.4, 0.5) is 0 Å². The van der Waals surface area contributed by atoms with E-state index in [1.54, 1.807) is 26.0 Å². The van der Waals surface area contributed by atoms with Gasteiger partial charge in [0.1, 0.15) is 0 Å². The minimum atomic E-state index is -0.819. The first kappa shape index (κ1) is 13.7. The van der Waals surface area contributed by atoms with Crippen molar-refractivity contribution in [1.29, 1.82) is 0 Å². The first-order valence-electron chi connectivity index (χ1n) is 5.13. The van der Waals surface area contributed by atoms with E-state index in [0.717, 1.165) is 10.5 Å². The van der Waals surface area contributed by atoms with Crippen LogP contribution in [0.25, 0.3) is 0 Å². The maximum atomic E-state index is 10.6. The van der Waals surface area contributed by atoms with E-state index in [1.807, 2.05) is 18.4 Å². The van der Waals surface area contributed by atoms with Gasteiger partial charge in [0.15, 0.2) is 11.5 Å². The van der Waals surface area contributed by atoms with Crippen LogP contribution in [0.2, 0.25) is 0 Å². The summed E-state index contributed by atoms with van der Waals surface area (Å²) in [6.07, 6.45) is 2.47. The van der Waals surface area contributed by atoms with Crippen molar-refractivity contribution in [2.24, 2.45) is 0 Å². The standard InChI is InChI=1S/C12H16O4S/c1-15-11-8(5-7-10(13)14)4-6-9(17-3)12(11)16-2/h4,6H,5,7H2,1-3H3,(H,13,14). The summed E-state index contributed by atoms with van der Waals surface area (Å²) in [4.78, 5) is 11.5. The molecule has 1 N–H and O–H groups in total. The fourth-order valence-electron chi connectivity index (χ4n) is 1.60. The molecule has 0 fully saturated rings. The van der Waals surface area contributed by atoms with E-state index < -0.39 is 5.97 Å². The lowest BCUT2D eigenvalue weighted by Gasteiger charge is -2.15. The third kappa shape index (κ3) is 3.30. The van der Waals surface area contributed by atoms with Gasteiger partial charge in [0.2, 0.25) is 0 Å². The summed E-state index contributed by atoms with van der Waals surface area (Å²) in [7, 11) is 3.14. The fraction of sp³-hybridized carbons (Fsp3) is 0.417. The van der Waals surface area contributed by atoms with Crippen LogP contribution in [-0.4, -0.2) is 31.6 Å². The molecule has 94 valence electrons. The lowest BCUT2D eigenvalue weighted by Crippen LogP contribution is -2.01. The highest BCUT2D eigenvalue weighted by Crippen LogP contribution is 2.39. The Balaban J connectivity index is 3.09. The molecule has 0 aliphatic heterocycles. The number of hydrogen-bond donors (Lipinski definition) is 1. The molecule has 0 amide bonds. The number of carbonyl (C=O) groups is 1. The largest absolute Gasteiger partial charge is 0.493 e. The van der Waals surface area contributed by atoms with Crippen LogP contribution in [0.5, 0.6) is 11.5 Å². The zero-order valence-electron chi connectivity index (χ0n) is 10.1. The quantitative estimate of drug-likeness (QED) is 0.792. The maximum absolute atomic E-state index is 10.6. The van der Waals surface area contributed by atoms with Crippen LogP contribution in [0.15, 0.2) is 17.0 Å². The number of ether oxygens (including phenoxy) is 2. The Kier molecular flexibility index (Phi) is 5.15. The van der Waals surface area contributed by atoms with Crippen molar-refractivity contribution in [1.82, 2.24) is 0 Å². The third-order valence-electron chi connectivity index (χ3n) is 2.39. The van der Waals surface area contributed by atoms with E-state index in [0.29, 0.717) is 17.9 Å². The average molecular weight is 256 g/mol. The van der Waals surface area contributed by atoms with Gasteiger partial charge in [-0.1, -0.05) is 6.07 Å². The molecule has 1 aromatic carbocycles. The first-order valence-corrected chi connectivity index (χ1v) is 6.36. The normalized spacial score (nSPS) is 10.1. The SMILES string of the molecule is COc1c(CCC(=O)O)ccc(SC)c1OC. The highest BCUT2D eigenvalue weighted by Gasteiger charge is 2.15. The average Bonchev–Trinajstić information content (AvgIpc) is 2.34. The summed E-state index contributed by atoms with van der Waals surface area (Å²) in [5.41, 5.74) is 0.851. The van der Waals surface area contributed by atoms with Crippen molar-refractivity contribution in [2.45, 2.75) is 17.7 Å². The molecule has 0 saturated carbocycles. The van der Waals surface area contributed by atoms with Gasteiger partial charge in [-0.25, -0.2) is 0 Å². The Morgan fingerprint density at radius 2 is 1.94 bits per heavy atom. The van der Waals surface area contributed by atoms with Crippen LogP contribution in [-0.2, 0) is 11.2 Å². The monoisotopic (exact) mass is 256 g/mol. The Bertz CT molecular complexity index is 404. The third-order valence-corrected chi connectivity index (χ3v) is 3.16. The lowest BCUT2D eigenvalue weighted by molar-refractivity contribution is -0.136. The van der Waals surface area contributed by atoms with Crippen molar-refractivity contribution in [3.63, 3.8) is 0 Å². The summed E-state index contributed by atoms with van der Waals surface area (Å²) in [6.45, 7) is 0. The molecule has 0 bridgehead atoms. The molecule has 5 heteroatoms. The smallest absolute Gasteiger partial charge is 0.303 e. The minimum absolute atomic E-state index is 0.0815. The zero-order chi connectivity index (χ0) is 12.8. The van der Waals surface area contributed by atoms with E-state index in [9.17, 15) is 4.79 Å². The Hall–Kier alpha value is -1.36. The van der Waals surface area contributed by atoms with Gasteiger partial charge in [-0.05, 0) is 24.3 Å². The van der Waals surface area contributed by atoms with Crippen molar-refractivity contribution < 1.29 is 19.4 Å². The molecule has 0 saturated heterocycles. The first-order chi connectivity index (χ1) is 8.13. The molecule has 17 heavy (non-hydrogen) atoms. The van der Waals surface area contributed by atoms with Gasteiger partial charge in [-0.2, -0.15) is 0 Å². The van der Waals surface area contributed by atoms with Crippen molar-refractivity contribution in [3.8, 4) is 11.5 Å². The van der Waals surface area contributed by atoms with Gasteiger partial charge in [-0.3, -0.25) is 4.79 Å². The number of methoxy groups -OCH3 is 2. The highest BCUT2D eigenvalue weighted by molar-refractivity contribution is 7.98. The predicted octanol–water partition coefficient (Wildman–Crippen LogP) is 2.44. The molecule has 1 aromatic rings. The molecule has 0 spiro atoms. The van der Waals surface area contributed by atoms with E-state index in [-0.39, 0.29) is 6.42 Å². The predicted molar refractivity (Wildman–Crippen MR) is 67.3 cm³/mol. The molecule has 0 aromatic heterocycles. The molecule has 4 nitrogen and oxygen atoms in total. The number of carboxylic acids is 1. The molecule has 0 aliphatic carbocycles. The van der Waals surface area contributed by atoms with Crippen LogP contribution in [0.3, 0.4) is 0 Å². The highest BCUT2D eigenvalue weighted by atomic mass is 32.2. The van der Waals surface area contributed by atoms with E-state index >= 15 is 0 Å². The maximum Gasteiger partial charge on any atom is 0.303 e. The number of rotatable bonds is 6. The van der Waals surface area contributed by atoms with Crippen molar-refractivity contribution in [3.05, 3.63) is 17.7 Å². The van der Waals surface area contributed by atoms with E-state index in [1.165, 1.54) is 0 Å². The van der Waals surface area contributed by atoms with Crippen LogP contribution in [0, 0.1) is 0 Å². The van der Waals surface area contributed by atoms with Crippen LogP contribution >= 0.6 is 11.8 Å². The molecule has 0 unspecified atom stereocenters. The number of aliphatic carboxylic acids is 1. The molecule has 0 atom stereocenters. The zero-order valence-corrected chi connectivity index (χ0v) is 11.0. The Labute approximate surface area is 105 Å². The van der Waals surface area contributed by atoms with Crippen molar-refractivity contribution in [2.75, 3.05) is 20.5 Å². The second-order valence-electron chi connectivity index (χ2n) is 3.39. The lowest BCUT2D eigenvalue weighted by atomic mass is 10.1. The number of thioether (sulfide) groups is 1. The van der Waals surface area contributed by atoms with Gasteiger partial charge >= 0.3 is 5.97 Å².